The first-order valence-corrected chi connectivity index (χ1v) is 8.22. The normalized spacial score (nSPS) is 12.9. The van der Waals surface area contributed by atoms with Crippen molar-refractivity contribution < 1.29 is 13.2 Å². The summed E-state index contributed by atoms with van der Waals surface area (Å²) in [5.41, 5.74) is 5.61. The molecular weight excluding hydrogens is 335 g/mol. The van der Waals surface area contributed by atoms with Gasteiger partial charge in [0.05, 0.1) is 17.0 Å². The molecule has 0 heterocycles. The SMILES string of the molecule is COc1ccc(S(=O)(=O)NC(CN)CC(C)C)cc1Cl.Cl. The number of hydrogen-bond donors (Lipinski definition) is 2. The fraction of sp³-hybridized carbons (Fsp3) is 0.538. The molecule has 0 aliphatic carbocycles. The van der Waals surface area contributed by atoms with Gasteiger partial charge in [-0.2, -0.15) is 0 Å². The maximum atomic E-state index is 12.3. The highest BCUT2D eigenvalue weighted by molar-refractivity contribution is 7.89. The summed E-state index contributed by atoms with van der Waals surface area (Å²) < 4.78 is 32.1. The van der Waals surface area contributed by atoms with E-state index in [-0.39, 0.29) is 34.9 Å². The quantitative estimate of drug-likeness (QED) is 0.785. The van der Waals surface area contributed by atoms with E-state index >= 15 is 0 Å². The van der Waals surface area contributed by atoms with Gasteiger partial charge in [-0.25, -0.2) is 13.1 Å². The van der Waals surface area contributed by atoms with E-state index in [4.69, 9.17) is 22.1 Å². The van der Waals surface area contributed by atoms with Gasteiger partial charge in [0.2, 0.25) is 10.0 Å². The molecule has 5 nitrogen and oxygen atoms in total. The molecule has 1 atom stereocenters. The molecule has 21 heavy (non-hydrogen) atoms. The molecule has 122 valence electrons. The monoisotopic (exact) mass is 356 g/mol. The molecule has 1 unspecified atom stereocenters. The van der Waals surface area contributed by atoms with E-state index in [2.05, 4.69) is 4.72 Å². The lowest BCUT2D eigenvalue weighted by Gasteiger charge is -2.19. The van der Waals surface area contributed by atoms with Gasteiger partial charge in [0.1, 0.15) is 5.75 Å². The Morgan fingerprint density at radius 1 is 1.38 bits per heavy atom. The van der Waals surface area contributed by atoms with Crippen LogP contribution in [-0.2, 0) is 10.0 Å². The highest BCUT2D eigenvalue weighted by atomic mass is 35.5. The van der Waals surface area contributed by atoms with Crippen LogP contribution in [0.15, 0.2) is 23.1 Å². The average Bonchev–Trinajstić information content (AvgIpc) is 2.36. The molecule has 1 aromatic carbocycles. The lowest BCUT2D eigenvalue weighted by molar-refractivity contribution is 0.414. The van der Waals surface area contributed by atoms with Gasteiger partial charge in [-0.05, 0) is 30.5 Å². The Labute approximate surface area is 137 Å². The fourth-order valence-electron chi connectivity index (χ4n) is 1.86. The van der Waals surface area contributed by atoms with Gasteiger partial charge in [0.15, 0.2) is 0 Å². The molecule has 1 aromatic rings. The van der Waals surface area contributed by atoms with Crippen LogP contribution in [0.4, 0.5) is 0 Å². The molecular formula is C13H22Cl2N2O3S. The second kappa shape index (κ2) is 8.80. The van der Waals surface area contributed by atoms with Crippen LogP contribution < -0.4 is 15.2 Å². The van der Waals surface area contributed by atoms with Crippen molar-refractivity contribution in [2.75, 3.05) is 13.7 Å². The van der Waals surface area contributed by atoms with E-state index < -0.39 is 10.0 Å². The van der Waals surface area contributed by atoms with E-state index in [1.165, 1.54) is 25.3 Å². The lowest BCUT2D eigenvalue weighted by atomic mass is 10.1. The summed E-state index contributed by atoms with van der Waals surface area (Å²) >= 11 is 5.95. The minimum atomic E-state index is -3.63. The van der Waals surface area contributed by atoms with Crippen molar-refractivity contribution in [1.82, 2.24) is 4.72 Å². The molecule has 0 fully saturated rings. The van der Waals surface area contributed by atoms with Crippen molar-refractivity contribution in [2.45, 2.75) is 31.2 Å². The molecule has 0 aliphatic heterocycles. The Hall–Kier alpha value is -0.530. The second-order valence-electron chi connectivity index (χ2n) is 4.98. The standard InChI is InChI=1S/C13H21ClN2O3S.ClH/c1-9(2)6-10(8-15)16-20(17,18)11-4-5-13(19-3)12(14)7-11;/h4-5,7,9-10,16H,6,8,15H2,1-3H3;1H. The number of hydrogen-bond acceptors (Lipinski definition) is 4. The molecule has 0 saturated heterocycles. The molecule has 0 aliphatic rings. The fourth-order valence-corrected chi connectivity index (χ4v) is 3.47. The number of rotatable bonds is 7. The Bertz CT molecular complexity index is 550. The zero-order valence-corrected chi connectivity index (χ0v) is 14.7. The van der Waals surface area contributed by atoms with E-state index in [9.17, 15) is 8.42 Å². The Morgan fingerprint density at radius 3 is 2.43 bits per heavy atom. The van der Waals surface area contributed by atoms with Crippen molar-refractivity contribution in [2.24, 2.45) is 11.7 Å². The first kappa shape index (κ1) is 20.5. The summed E-state index contributed by atoms with van der Waals surface area (Å²) in [5, 5.41) is 0.253. The maximum absolute atomic E-state index is 12.3. The van der Waals surface area contributed by atoms with Gasteiger partial charge in [-0.1, -0.05) is 25.4 Å². The molecule has 0 spiro atoms. The van der Waals surface area contributed by atoms with Crippen molar-refractivity contribution >= 4 is 34.0 Å². The Balaban J connectivity index is 0.00000400. The number of methoxy groups -OCH3 is 1. The van der Waals surface area contributed by atoms with Crippen LogP contribution in [0.1, 0.15) is 20.3 Å². The zero-order valence-electron chi connectivity index (χ0n) is 12.3. The van der Waals surface area contributed by atoms with E-state index in [0.29, 0.717) is 18.1 Å². The highest BCUT2D eigenvalue weighted by Crippen LogP contribution is 2.27. The van der Waals surface area contributed by atoms with Gasteiger partial charge in [-0.3, -0.25) is 0 Å². The molecule has 3 N–H and O–H groups in total. The predicted octanol–water partition coefficient (Wildman–Crippen LogP) is 2.42. The summed E-state index contributed by atoms with van der Waals surface area (Å²) in [4.78, 5) is 0.102. The smallest absolute Gasteiger partial charge is 0.240 e. The molecule has 0 radical (unpaired) electrons. The minimum absolute atomic E-state index is 0. The molecule has 0 amide bonds. The summed E-state index contributed by atoms with van der Waals surface area (Å²) in [6, 6.07) is 4.05. The predicted molar refractivity (Wildman–Crippen MR) is 87.9 cm³/mol. The van der Waals surface area contributed by atoms with Crippen molar-refractivity contribution in [3.05, 3.63) is 23.2 Å². The maximum Gasteiger partial charge on any atom is 0.240 e. The summed E-state index contributed by atoms with van der Waals surface area (Å²) in [6.07, 6.45) is 0.680. The van der Waals surface area contributed by atoms with Crippen LogP contribution in [0.2, 0.25) is 5.02 Å². The van der Waals surface area contributed by atoms with Gasteiger partial charge < -0.3 is 10.5 Å². The van der Waals surface area contributed by atoms with Gasteiger partial charge in [-0.15, -0.1) is 12.4 Å². The second-order valence-corrected chi connectivity index (χ2v) is 7.10. The highest BCUT2D eigenvalue weighted by Gasteiger charge is 2.21. The van der Waals surface area contributed by atoms with Crippen LogP contribution in [0, 0.1) is 5.92 Å². The van der Waals surface area contributed by atoms with Crippen molar-refractivity contribution in [1.29, 1.82) is 0 Å². The largest absolute Gasteiger partial charge is 0.495 e. The van der Waals surface area contributed by atoms with Crippen LogP contribution >= 0.6 is 24.0 Å². The van der Waals surface area contributed by atoms with E-state index in [1.54, 1.807) is 0 Å². The summed E-state index contributed by atoms with van der Waals surface area (Å²) in [7, 11) is -2.16. The third-order valence-corrected chi connectivity index (χ3v) is 4.61. The third-order valence-electron chi connectivity index (χ3n) is 2.80. The molecule has 1 rings (SSSR count). The number of ether oxygens (including phenoxy) is 1. The summed E-state index contributed by atoms with van der Waals surface area (Å²) in [5.74, 6) is 0.786. The lowest BCUT2D eigenvalue weighted by Crippen LogP contribution is -2.40. The average molecular weight is 357 g/mol. The van der Waals surface area contributed by atoms with Crippen molar-refractivity contribution in [3.8, 4) is 5.75 Å². The molecule has 8 heteroatoms. The molecule has 0 aromatic heterocycles. The molecule has 0 saturated carbocycles. The van der Waals surface area contributed by atoms with Gasteiger partial charge in [0, 0.05) is 12.6 Å². The Morgan fingerprint density at radius 2 is 2.00 bits per heavy atom. The van der Waals surface area contributed by atoms with E-state index in [0.717, 1.165) is 0 Å². The van der Waals surface area contributed by atoms with Crippen molar-refractivity contribution in [3.63, 3.8) is 0 Å². The first-order chi connectivity index (χ1) is 9.30. The zero-order chi connectivity index (χ0) is 15.3. The van der Waals surface area contributed by atoms with Gasteiger partial charge >= 0.3 is 0 Å². The topological polar surface area (TPSA) is 81.4 Å². The van der Waals surface area contributed by atoms with Crippen LogP contribution in [0.5, 0.6) is 5.75 Å². The number of nitrogens with one attached hydrogen (secondary N) is 1. The van der Waals surface area contributed by atoms with Crippen LogP contribution in [0.25, 0.3) is 0 Å². The number of sulfonamides is 1. The number of nitrogens with two attached hydrogens (primary N) is 1. The van der Waals surface area contributed by atoms with Crippen LogP contribution in [-0.4, -0.2) is 28.1 Å². The minimum Gasteiger partial charge on any atom is -0.495 e. The number of benzene rings is 1. The molecule has 0 bridgehead atoms. The summed E-state index contributed by atoms with van der Waals surface area (Å²) in [6.45, 7) is 4.28. The van der Waals surface area contributed by atoms with E-state index in [1.807, 2.05) is 13.8 Å². The van der Waals surface area contributed by atoms with Crippen LogP contribution in [0.3, 0.4) is 0 Å². The third kappa shape index (κ3) is 6.00. The Kier molecular flexibility index (Phi) is 8.58. The number of halogens is 2. The first-order valence-electron chi connectivity index (χ1n) is 6.36. The van der Waals surface area contributed by atoms with Gasteiger partial charge in [0.25, 0.3) is 0 Å².